The van der Waals surface area contributed by atoms with Crippen molar-refractivity contribution < 1.29 is 5.11 Å². The molecule has 1 aliphatic rings. The molecule has 1 N–H and O–H groups in total. The average molecular weight is 143 g/mol. The summed E-state index contributed by atoms with van der Waals surface area (Å²) >= 11 is 0. The summed E-state index contributed by atoms with van der Waals surface area (Å²) in [5.41, 5.74) is 0.495. The zero-order chi connectivity index (χ0) is 7.78. The molecule has 1 atom stereocenters. The Kier molecular flexibility index (Phi) is 2.02. The van der Waals surface area contributed by atoms with Crippen LogP contribution in [-0.2, 0) is 0 Å². The first kappa shape index (κ1) is 8.02. The topological polar surface area (TPSA) is 23.5 Å². The number of aliphatic hydroxyl groups excluding tert-OH is 1. The van der Waals surface area contributed by atoms with Crippen LogP contribution in [0, 0.1) is 5.41 Å². The molecule has 1 rings (SSSR count). The van der Waals surface area contributed by atoms with Gasteiger partial charge in [0.25, 0.3) is 0 Å². The quantitative estimate of drug-likeness (QED) is 0.615. The van der Waals surface area contributed by atoms with Gasteiger partial charge in [0.1, 0.15) is 0 Å². The first-order valence-corrected chi connectivity index (χ1v) is 3.90. The predicted octanol–water partition coefficient (Wildman–Crippen LogP) is 0.709. The highest BCUT2D eigenvalue weighted by molar-refractivity contribution is 4.87. The Morgan fingerprint density at radius 3 is 2.30 bits per heavy atom. The summed E-state index contributed by atoms with van der Waals surface area (Å²) in [6.07, 6.45) is -0.170. The number of nitrogens with zero attached hydrogens (tertiary/aromatic N) is 1. The van der Waals surface area contributed by atoms with Crippen molar-refractivity contribution >= 4 is 0 Å². The number of hydrogen-bond donors (Lipinski definition) is 1. The fraction of sp³-hybridized carbons (Fsp3) is 1.00. The van der Waals surface area contributed by atoms with E-state index in [1.54, 1.807) is 0 Å². The molecule has 1 fully saturated rings. The van der Waals surface area contributed by atoms with Gasteiger partial charge in [-0.05, 0) is 12.3 Å². The lowest BCUT2D eigenvalue weighted by Gasteiger charge is -2.46. The maximum Gasteiger partial charge on any atom is 0.0639 e. The van der Waals surface area contributed by atoms with E-state index in [2.05, 4.69) is 18.7 Å². The van der Waals surface area contributed by atoms with E-state index in [4.69, 9.17) is 5.11 Å². The summed E-state index contributed by atoms with van der Waals surface area (Å²) in [4.78, 5) is 2.28. The van der Waals surface area contributed by atoms with Crippen LogP contribution in [-0.4, -0.2) is 35.7 Å². The second-order valence-corrected chi connectivity index (χ2v) is 4.18. The Morgan fingerprint density at radius 2 is 2.00 bits per heavy atom. The maximum atomic E-state index is 9.02. The zero-order valence-corrected chi connectivity index (χ0v) is 7.09. The van der Waals surface area contributed by atoms with Crippen molar-refractivity contribution in [2.24, 2.45) is 5.41 Å². The minimum atomic E-state index is -0.170. The van der Waals surface area contributed by atoms with E-state index < -0.39 is 0 Å². The summed E-state index contributed by atoms with van der Waals surface area (Å²) in [5, 5.41) is 9.02. The van der Waals surface area contributed by atoms with E-state index in [-0.39, 0.29) is 6.10 Å². The third kappa shape index (κ3) is 1.96. The minimum absolute atomic E-state index is 0.170. The van der Waals surface area contributed by atoms with Crippen LogP contribution in [0.3, 0.4) is 0 Å². The van der Waals surface area contributed by atoms with Crippen LogP contribution in [0.5, 0.6) is 0 Å². The second kappa shape index (κ2) is 2.51. The van der Waals surface area contributed by atoms with Crippen molar-refractivity contribution in [2.45, 2.75) is 26.9 Å². The van der Waals surface area contributed by atoms with Crippen LogP contribution in [0.25, 0.3) is 0 Å². The van der Waals surface area contributed by atoms with Gasteiger partial charge in [0.15, 0.2) is 0 Å². The Bertz CT molecular complexity index is 110. The molecule has 0 saturated carbocycles. The molecule has 0 bridgehead atoms. The Hall–Kier alpha value is -0.0800. The van der Waals surface area contributed by atoms with Gasteiger partial charge in [0.2, 0.25) is 0 Å². The number of rotatable bonds is 2. The molecule has 1 saturated heterocycles. The van der Waals surface area contributed by atoms with Crippen LogP contribution < -0.4 is 0 Å². The van der Waals surface area contributed by atoms with Gasteiger partial charge in [-0.25, -0.2) is 0 Å². The molecule has 0 aliphatic carbocycles. The monoisotopic (exact) mass is 143 g/mol. The first-order chi connectivity index (χ1) is 4.49. The highest BCUT2D eigenvalue weighted by atomic mass is 16.3. The molecule has 0 amide bonds. The molecule has 60 valence electrons. The molecule has 0 aromatic carbocycles. The maximum absolute atomic E-state index is 9.02. The van der Waals surface area contributed by atoms with Crippen molar-refractivity contribution in [3.8, 4) is 0 Å². The third-order valence-corrected chi connectivity index (χ3v) is 1.83. The Balaban J connectivity index is 2.15. The lowest BCUT2D eigenvalue weighted by molar-refractivity contribution is -0.000503. The SMILES string of the molecule is C[C@H](O)CN1CC(C)(C)C1. The highest BCUT2D eigenvalue weighted by Crippen LogP contribution is 2.28. The van der Waals surface area contributed by atoms with Crippen LogP contribution in [0.15, 0.2) is 0 Å². The van der Waals surface area contributed by atoms with Crippen molar-refractivity contribution in [2.75, 3.05) is 19.6 Å². The van der Waals surface area contributed by atoms with Crippen molar-refractivity contribution in [1.29, 1.82) is 0 Å². The van der Waals surface area contributed by atoms with E-state index in [1.165, 1.54) is 0 Å². The van der Waals surface area contributed by atoms with Gasteiger partial charge in [0.05, 0.1) is 6.10 Å². The fourth-order valence-electron chi connectivity index (χ4n) is 1.67. The number of β-amino-alcohol motifs (C(OH)–C–C–N with tert-alkyl or cyclic N) is 1. The van der Waals surface area contributed by atoms with Gasteiger partial charge in [-0.15, -0.1) is 0 Å². The largest absolute Gasteiger partial charge is 0.392 e. The van der Waals surface area contributed by atoms with Gasteiger partial charge in [0, 0.05) is 19.6 Å². The number of aliphatic hydroxyl groups is 1. The molecule has 0 aromatic heterocycles. The van der Waals surface area contributed by atoms with Crippen LogP contribution in [0.4, 0.5) is 0 Å². The molecule has 0 aromatic rings. The molecular formula is C8H17NO. The first-order valence-electron chi connectivity index (χ1n) is 3.90. The van der Waals surface area contributed by atoms with E-state index in [0.717, 1.165) is 19.6 Å². The molecule has 0 unspecified atom stereocenters. The molecule has 1 aliphatic heterocycles. The second-order valence-electron chi connectivity index (χ2n) is 4.18. The fourth-order valence-corrected chi connectivity index (χ4v) is 1.67. The molecular weight excluding hydrogens is 126 g/mol. The van der Waals surface area contributed by atoms with Crippen LogP contribution in [0.1, 0.15) is 20.8 Å². The van der Waals surface area contributed by atoms with Gasteiger partial charge in [-0.2, -0.15) is 0 Å². The molecule has 2 nitrogen and oxygen atoms in total. The molecule has 0 radical (unpaired) electrons. The van der Waals surface area contributed by atoms with E-state index >= 15 is 0 Å². The Morgan fingerprint density at radius 1 is 1.50 bits per heavy atom. The minimum Gasteiger partial charge on any atom is -0.392 e. The van der Waals surface area contributed by atoms with Gasteiger partial charge >= 0.3 is 0 Å². The average Bonchev–Trinajstić information content (AvgIpc) is 1.57. The van der Waals surface area contributed by atoms with Crippen LogP contribution in [0.2, 0.25) is 0 Å². The molecule has 10 heavy (non-hydrogen) atoms. The summed E-state index contributed by atoms with van der Waals surface area (Å²) in [6.45, 7) is 9.46. The smallest absolute Gasteiger partial charge is 0.0639 e. The Labute approximate surface area is 62.8 Å². The summed E-state index contributed by atoms with van der Waals surface area (Å²) in [7, 11) is 0. The van der Waals surface area contributed by atoms with Gasteiger partial charge < -0.3 is 5.11 Å². The molecule has 1 heterocycles. The van der Waals surface area contributed by atoms with E-state index in [1.807, 2.05) is 6.92 Å². The van der Waals surface area contributed by atoms with E-state index in [0.29, 0.717) is 5.41 Å². The molecule has 2 heteroatoms. The van der Waals surface area contributed by atoms with Crippen molar-refractivity contribution in [3.05, 3.63) is 0 Å². The zero-order valence-electron chi connectivity index (χ0n) is 7.09. The molecule has 0 spiro atoms. The van der Waals surface area contributed by atoms with Gasteiger partial charge in [-0.3, -0.25) is 4.90 Å². The standard InChI is InChI=1S/C8H17NO/c1-7(10)4-9-5-8(2,3)6-9/h7,10H,4-6H2,1-3H3/t7-/m0/s1. The van der Waals surface area contributed by atoms with Crippen molar-refractivity contribution in [1.82, 2.24) is 4.90 Å². The normalized spacial score (nSPS) is 27.6. The van der Waals surface area contributed by atoms with E-state index in [9.17, 15) is 0 Å². The summed E-state index contributed by atoms with van der Waals surface area (Å²) in [5.74, 6) is 0. The van der Waals surface area contributed by atoms with Gasteiger partial charge in [-0.1, -0.05) is 13.8 Å². The lowest BCUT2D eigenvalue weighted by Crippen LogP contribution is -2.54. The lowest BCUT2D eigenvalue weighted by atomic mass is 9.84. The number of likely N-dealkylation sites (tertiary alicyclic amines) is 1. The third-order valence-electron chi connectivity index (χ3n) is 1.83. The predicted molar refractivity (Wildman–Crippen MR) is 41.9 cm³/mol. The number of hydrogen-bond acceptors (Lipinski definition) is 2. The summed E-state index contributed by atoms with van der Waals surface area (Å²) in [6, 6.07) is 0. The summed E-state index contributed by atoms with van der Waals surface area (Å²) < 4.78 is 0. The van der Waals surface area contributed by atoms with Crippen molar-refractivity contribution in [3.63, 3.8) is 0 Å². The van der Waals surface area contributed by atoms with Crippen LogP contribution >= 0.6 is 0 Å². The highest BCUT2D eigenvalue weighted by Gasteiger charge is 2.33.